The number of hydrogen-bond acceptors (Lipinski definition) is 1. The Labute approximate surface area is 103 Å². The van der Waals surface area contributed by atoms with Gasteiger partial charge in [0.1, 0.15) is 0 Å². The van der Waals surface area contributed by atoms with Crippen LogP contribution in [0.4, 0.5) is 0 Å². The number of aryl methyl sites for hydroxylation is 3. The lowest BCUT2D eigenvalue weighted by atomic mass is 10.0. The Kier molecular flexibility index (Phi) is 3.43. The summed E-state index contributed by atoms with van der Waals surface area (Å²) < 4.78 is 2.13. The van der Waals surface area contributed by atoms with Crippen LogP contribution in [0, 0.1) is 13.8 Å². The summed E-state index contributed by atoms with van der Waals surface area (Å²) in [5.74, 6) is 0. The van der Waals surface area contributed by atoms with Gasteiger partial charge in [-0.2, -0.15) is 0 Å². The Morgan fingerprint density at radius 2 is 1.88 bits per heavy atom. The van der Waals surface area contributed by atoms with Crippen LogP contribution >= 0.6 is 0 Å². The summed E-state index contributed by atoms with van der Waals surface area (Å²) in [4.78, 5) is 4.16. The summed E-state index contributed by atoms with van der Waals surface area (Å²) in [6.45, 7) is 7.36. The minimum atomic E-state index is 0.951. The van der Waals surface area contributed by atoms with Crippen molar-refractivity contribution in [3.63, 3.8) is 0 Å². The van der Waals surface area contributed by atoms with Gasteiger partial charge < -0.3 is 4.57 Å². The molecular weight excluding hydrogens is 208 g/mol. The second-order valence-electron chi connectivity index (χ2n) is 4.24. The van der Waals surface area contributed by atoms with Crippen molar-refractivity contribution < 1.29 is 0 Å². The smallest absolute Gasteiger partial charge is 0.0950 e. The molecule has 1 heterocycles. The van der Waals surface area contributed by atoms with Crippen molar-refractivity contribution in [2.24, 2.45) is 0 Å². The van der Waals surface area contributed by atoms with Crippen LogP contribution in [-0.4, -0.2) is 9.55 Å². The van der Waals surface area contributed by atoms with E-state index in [-0.39, 0.29) is 0 Å². The van der Waals surface area contributed by atoms with Gasteiger partial charge in [-0.05, 0) is 43.5 Å². The Balaban J connectivity index is 2.32. The van der Waals surface area contributed by atoms with E-state index in [4.69, 9.17) is 0 Å². The van der Waals surface area contributed by atoms with Crippen molar-refractivity contribution in [1.29, 1.82) is 0 Å². The first-order valence-electron chi connectivity index (χ1n) is 5.96. The molecule has 0 aliphatic rings. The summed E-state index contributed by atoms with van der Waals surface area (Å²) in [6, 6.07) is 6.38. The second kappa shape index (κ2) is 5.00. The molecule has 0 radical (unpaired) electrons. The van der Waals surface area contributed by atoms with Crippen LogP contribution in [0.25, 0.3) is 12.2 Å². The fraction of sp³-hybridized carbons (Fsp3) is 0.267. The molecule has 0 spiro atoms. The third-order valence-corrected chi connectivity index (χ3v) is 3.05. The van der Waals surface area contributed by atoms with Crippen LogP contribution in [0.1, 0.15) is 29.3 Å². The number of imidazole rings is 1. The molecule has 0 fully saturated rings. The Hall–Kier alpha value is -1.83. The van der Waals surface area contributed by atoms with Gasteiger partial charge in [-0.15, -0.1) is 0 Å². The zero-order valence-electron chi connectivity index (χ0n) is 10.6. The average molecular weight is 226 g/mol. The minimum absolute atomic E-state index is 0.951. The predicted molar refractivity (Wildman–Crippen MR) is 72.7 cm³/mol. The molecule has 0 N–H and O–H groups in total. The second-order valence-corrected chi connectivity index (χ2v) is 4.24. The first-order valence-corrected chi connectivity index (χ1v) is 5.96. The quantitative estimate of drug-likeness (QED) is 0.780. The fourth-order valence-corrected chi connectivity index (χ4v) is 1.99. The van der Waals surface area contributed by atoms with Crippen molar-refractivity contribution in [3.05, 3.63) is 53.1 Å². The molecular formula is C15H18N2. The molecule has 0 unspecified atom stereocenters. The molecule has 0 aliphatic carbocycles. The van der Waals surface area contributed by atoms with Crippen molar-refractivity contribution in [1.82, 2.24) is 9.55 Å². The molecule has 0 aliphatic heterocycles. The van der Waals surface area contributed by atoms with Crippen LogP contribution in [-0.2, 0) is 6.54 Å². The normalized spacial score (nSPS) is 11.2. The maximum absolute atomic E-state index is 4.16. The molecule has 0 atom stereocenters. The van der Waals surface area contributed by atoms with Gasteiger partial charge in [0.05, 0.1) is 18.2 Å². The number of nitrogens with zero attached hydrogens (tertiary/aromatic N) is 2. The summed E-state index contributed by atoms with van der Waals surface area (Å²) in [5, 5.41) is 0. The molecule has 17 heavy (non-hydrogen) atoms. The van der Waals surface area contributed by atoms with Crippen molar-refractivity contribution in [3.8, 4) is 0 Å². The summed E-state index contributed by atoms with van der Waals surface area (Å²) in [6.07, 6.45) is 8.07. The lowest BCUT2D eigenvalue weighted by molar-refractivity contribution is 0.755. The Morgan fingerprint density at radius 1 is 1.18 bits per heavy atom. The monoisotopic (exact) mass is 226 g/mol. The first kappa shape index (κ1) is 11.6. The lowest BCUT2D eigenvalue weighted by Crippen LogP contribution is -1.93. The largest absolute Gasteiger partial charge is 0.331 e. The molecule has 0 saturated heterocycles. The topological polar surface area (TPSA) is 17.8 Å². The highest BCUT2D eigenvalue weighted by molar-refractivity contribution is 5.71. The molecule has 2 aromatic rings. The lowest BCUT2D eigenvalue weighted by Gasteiger charge is -2.04. The number of aromatic nitrogens is 2. The van der Waals surface area contributed by atoms with Crippen LogP contribution in [0.3, 0.4) is 0 Å². The van der Waals surface area contributed by atoms with E-state index in [1.807, 2.05) is 12.5 Å². The van der Waals surface area contributed by atoms with Crippen LogP contribution in [0.2, 0.25) is 0 Å². The van der Waals surface area contributed by atoms with Crippen molar-refractivity contribution in [2.45, 2.75) is 27.3 Å². The van der Waals surface area contributed by atoms with Crippen molar-refractivity contribution >= 4 is 12.2 Å². The fourth-order valence-electron chi connectivity index (χ4n) is 1.99. The highest BCUT2D eigenvalue weighted by Crippen LogP contribution is 2.16. The third kappa shape index (κ3) is 2.47. The molecule has 88 valence electrons. The van der Waals surface area contributed by atoms with Gasteiger partial charge in [-0.25, -0.2) is 4.98 Å². The van der Waals surface area contributed by atoms with Crippen molar-refractivity contribution in [2.75, 3.05) is 0 Å². The maximum Gasteiger partial charge on any atom is 0.0950 e. The number of benzene rings is 1. The van der Waals surface area contributed by atoms with Crippen LogP contribution < -0.4 is 0 Å². The van der Waals surface area contributed by atoms with Gasteiger partial charge in [0.15, 0.2) is 0 Å². The van der Waals surface area contributed by atoms with Crippen LogP contribution in [0.15, 0.2) is 30.7 Å². The standard InChI is InChI=1S/C15H18N2/c1-4-17-11-16-10-14(17)8-9-15-12(2)6-5-7-13(15)3/h5-11H,4H2,1-3H3. The number of rotatable bonds is 3. The van der Waals surface area contributed by atoms with Gasteiger partial charge in [0.2, 0.25) is 0 Å². The molecule has 0 amide bonds. The van der Waals surface area contributed by atoms with Gasteiger partial charge in [0, 0.05) is 6.54 Å². The summed E-state index contributed by atoms with van der Waals surface area (Å²) >= 11 is 0. The maximum atomic E-state index is 4.16. The molecule has 2 nitrogen and oxygen atoms in total. The van der Waals surface area contributed by atoms with Gasteiger partial charge in [-0.1, -0.05) is 24.3 Å². The van der Waals surface area contributed by atoms with E-state index in [2.05, 4.69) is 60.7 Å². The highest BCUT2D eigenvalue weighted by atomic mass is 15.0. The molecule has 0 saturated carbocycles. The van der Waals surface area contributed by atoms with E-state index in [0.717, 1.165) is 12.2 Å². The van der Waals surface area contributed by atoms with E-state index in [1.54, 1.807) is 0 Å². The Bertz CT molecular complexity index is 515. The van der Waals surface area contributed by atoms with Crippen LogP contribution in [0.5, 0.6) is 0 Å². The Morgan fingerprint density at radius 3 is 2.53 bits per heavy atom. The predicted octanol–water partition coefficient (Wildman–Crippen LogP) is 3.69. The third-order valence-electron chi connectivity index (χ3n) is 3.05. The zero-order valence-corrected chi connectivity index (χ0v) is 10.6. The molecule has 1 aromatic carbocycles. The van der Waals surface area contributed by atoms with E-state index >= 15 is 0 Å². The molecule has 1 aromatic heterocycles. The summed E-state index contributed by atoms with van der Waals surface area (Å²) in [7, 11) is 0. The van der Waals surface area contributed by atoms with Gasteiger partial charge >= 0.3 is 0 Å². The molecule has 0 bridgehead atoms. The molecule has 2 heteroatoms. The average Bonchev–Trinajstić information content (AvgIpc) is 2.76. The van der Waals surface area contributed by atoms with Gasteiger partial charge in [0.25, 0.3) is 0 Å². The first-order chi connectivity index (χ1) is 8.22. The zero-order chi connectivity index (χ0) is 12.3. The van der Waals surface area contributed by atoms with Gasteiger partial charge in [-0.3, -0.25) is 0 Å². The summed E-state index contributed by atoms with van der Waals surface area (Å²) in [5.41, 5.74) is 5.07. The van der Waals surface area contributed by atoms with E-state index in [0.29, 0.717) is 0 Å². The number of hydrogen-bond donors (Lipinski definition) is 0. The van der Waals surface area contributed by atoms with E-state index < -0.39 is 0 Å². The highest BCUT2D eigenvalue weighted by Gasteiger charge is 1.99. The van der Waals surface area contributed by atoms with E-state index in [1.165, 1.54) is 16.7 Å². The molecule has 2 rings (SSSR count). The van der Waals surface area contributed by atoms with E-state index in [9.17, 15) is 0 Å². The SMILES string of the molecule is CCn1cncc1C=Cc1c(C)cccc1C. The minimum Gasteiger partial charge on any atom is -0.331 e.